The summed E-state index contributed by atoms with van der Waals surface area (Å²) < 4.78 is 6.46. The summed E-state index contributed by atoms with van der Waals surface area (Å²) in [6, 6.07) is 3.64. The lowest BCUT2D eigenvalue weighted by molar-refractivity contribution is 0.0951. The second kappa shape index (κ2) is 7.51. The molecule has 1 aliphatic heterocycles. The van der Waals surface area contributed by atoms with Crippen molar-refractivity contribution in [3.8, 4) is 0 Å². The average Bonchev–Trinajstić information content (AvgIpc) is 3.32. The molecule has 0 saturated carbocycles. The maximum atomic E-state index is 12.7. The van der Waals surface area contributed by atoms with Crippen LogP contribution in [0.1, 0.15) is 35.9 Å². The van der Waals surface area contributed by atoms with Crippen molar-refractivity contribution >= 4 is 27.3 Å². The molecule has 0 radical (unpaired) electrons. The molecule has 3 aromatic heterocycles. The molecule has 0 aromatic carbocycles. The number of amides is 1. The minimum atomic E-state index is -0.449. The molecular weight excluding hydrogens is 366 g/mol. The molecular formula is C18H21N5O3S. The summed E-state index contributed by atoms with van der Waals surface area (Å²) in [6.45, 7) is 4.45. The van der Waals surface area contributed by atoms with Gasteiger partial charge in [0.25, 0.3) is 11.5 Å². The highest BCUT2D eigenvalue weighted by Crippen LogP contribution is 2.26. The summed E-state index contributed by atoms with van der Waals surface area (Å²) >= 11 is 1.38. The fourth-order valence-electron chi connectivity index (χ4n) is 3.27. The van der Waals surface area contributed by atoms with E-state index in [0.29, 0.717) is 23.8 Å². The normalized spacial score (nSPS) is 17.4. The van der Waals surface area contributed by atoms with Crippen molar-refractivity contribution in [1.82, 2.24) is 19.9 Å². The first kappa shape index (κ1) is 17.7. The Morgan fingerprint density at radius 1 is 1.48 bits per heavy atom. The lowest BCUT2D eigenvalue weighted by Gasteiger charge is -2.30. The van der Waals surface area contributed by atoms with Crippen molar-refractivity contribution in [3.05, 3.63) is 46.3 Å². The van der Waals surface area contributed by atoms with Gasteiger partial charge in [0.1, 0.15) is 11.3 Å². The van der Waals surface area contributed by atoms with Gasteiger partial charge in [-0.3, -0.25) is 9.59 Å². The van der Waals surface area contributed by atoms with Crippen molar-refractivity contribution in [2.75, 3.05) is 24.5 Å². The van der Waals surface area contributed by atoms with E-state index >= 15 is 0 Å². The molecule has 9 heteroatoms. The van der Waals surface area contributed by atoms with Gasteiger partial charge in [0.15, 0.2) is 0 Å². The number of aromatic nitrogens is 3. The topological polar surface area (TPSA) is 92.7 Å². The second-order valence-corrected chi connectivity index (χ2v) is 7.77. The van der Waals surface area contributed by atoms with Gasteiger partial charge >= 0.3 is 0 Å². The van der Waals surface area contributed by atoms with Crippen LogP contribution in [0.3, 0.4) is 0 Å². The van der Waals surface area contributed by atoms with Gasteiger partial charge in [-0.05, 0) is 30.9 Å². The van der Waals surface area contributed by atoms with Gasteiger partial charge in [-0.25, -0.2) is 4.98 Å². The molecule has 1 N–H and O–H groups in total. The maximum absolute atomic E-state index is 12.7. The van der Waals surface area contributed by atoms with E-state index in [1.807, 2.05) is 6.07 Å². The number of nitrogens with zero attached hydrogens (tertiary/aromatic N) is 4. The monoisotopic (exact) mass is 387 g/mol. The van der Waals surface area contributed by atoms with Crippen LogP contribution in [-0.4, -0.2) is 40.1 Å². The molecule has 3 aromatic rings. The Bertz CT molecular complexity index is 994. The first-order chi connectivity index (χ1) is 13.1. The number of carbonyl (C=O) groups is 1. The first-order valence-electron chi connectivity index (χ1n) is 9.06. The van der Waals surface area contributed by atoms with Crippen molar-refractivity contribution in [2.24, 2.45) is 5.92 Å². The number of hydrogen-bond acceptors (Lipinski definition) is 7. The smallest absolute Gasteiger partial charge is 0.288 e. The number of furan rings is 1. The second-order valence-electron chi connectivity index (χ2n) is 6.83. The van der Waals surface area contributed by atoms with Gasteiger partial charge in [-0.2, -0.15) is 4.52 Å². The standard InChI is InChI=1S/C18H21N5O3S/c1-12-4-2-8-22(11-12)18-21-23-16(25)14(10-20-17(23)27-18)15(24)19-7-6-13-5-3-9-26-13/h3,5,9-10,12H,2,4,6-8,11H2,1H3,(H,19,24)/t12-/m0/s1. The third-order valence-corrected chi connectivity index (χ3v) is 5.67. The van der Waals surface area contributed by atoms with Crippen LogP contribution in [0.5, 0.6) is 0 Å². The molecule has 1 fully saturated rings. The van der Waals surface area contributed by atoms with Crippen LogP contribution in [0, 0.1) is 5.92 Å². The number of carbonyl (C=O) groups excluding carboxylic acids is 1. The summed E-state index contributed by atoms with van der Waals surface area (Å²) in [4.78, 5) is 32.0. The van der Waals surface area contributed by atoms with Crippen molar-refractivity contribution < 1.29 is 9.21 Å². The number of anilines is 1. The van der Waals surface area contributed by atoms with Crippen molar-refractivity contribution in [3.63, 3.8) is 0 Å². The Morgan fingerprint density at radius 2 is 2.37 bits per heavy atom. The minimum Gasteiger partial charge on any atom is -0.469 e. The Morgan fingerprint density at radius 3 is 3.15 bits per heavy atom. The number of nitrogens with one attached hydrogen (secondary N) is 1. The van der Waals surface area contributed by atoms with Gasteiger partial charge in [0, 0.05) is 32.3 Å². The molecule has 0 bridgehead atoms. The molecule has 1 atom stereocenters. The third-order valence-electron chi connectivity index (χ3n) is 4.69. The quantitative estimate of drug-likeness (QED) is 0.719. The Balaban J connectivity index is 1.51. The van der Waals surface area contributed by atoms with Crippen LogP contribution in [0.15, 0.2) is 33.8 Å². The third kappa shape index (κ3) is 3.73. The van der Waals surface area contributed by atoms with Crippen LogP contribution in [0.25, 0.3) is 4.96 Å². The summed E-state index contributed by atoms with van der Waals surface area (Å²) in [5.74, 6) is 0.932. The highest BCUT2D eigenvalue weighted by molar-refractivity contribution is 7.20. The molecule has 8 nitrogen and oxygen atoms in total. The Kier molecular flexibility index (Phi) is 4.93. The Labute approximate surface area is 159 Å². The highest BCUT2D eigenvalue weighted by Gasteiger charge is 2.22. The number of rotatable bonds is 5. The average molecular weight is 387 g/mol. The predicted octanol–water partition coefficient (Wildman–Crippen LogP) is 1.95. The summed E-state index contributed by atoms with van der Waals surface area (Å²) in [7, 11) is 0. The molecule has 1 saturated heterocycles. The van der Waals surface area contributed by atoms with Crippen LogP contribution in [0.2, 0.25) is 0 Å². The molecule has 27 heavy (non-hydrogen) atoms. The molecule has 0 spiro atoms. The van der Waals surface area contributed by atoms with E-state index < -0.39 is 11.5 Å². The minimum absolute atomic E-state index is 0.00388. The zero-order valence-electron chi connectivity index (χ0n) is 15.1. The van der Waals surface area contributed by atoms with E-state index in [4.69, 9.17) is 4.42 Å². The van der Waals surface area contributed by atoms with Gasteiger partial charge in [0.2, 0.25) is 10.1 Å². The molecule has 0 unspecified atom stereocenters. The lowest BCUT2D eigenvalue weighted by atomic mass is 10.0. The van der Waals surface area contributed by atoms with E-state index in [0.717, 1.165) is 30.4 Å². The zero-order valence-corrected chi connectivity index (χ0v) is 15.9. The van der Waals surface area contributed by atoms with Gasteiger partial charge < -0.3 is 14.6 Å². The number of hydrogen-bond donors (Lipinski definition) is 1. The fourth-order valence-corrected chi connectivity index (χ4v) is 4.17. The summed E-state index contributed by atoms with van der Waals surface area (Å²) in [5, 5.41) is 7.94. The summed E-state index contributed by atoms with van der Waals surface area (Å²) in [5.41, 5.74) is -0.445. The number of piperidine rings is 1. The largest absolute Gasteiger partial charge is 0.469 e. The van der Waals surface area contributed by atoms with E-state index in [1.165, 1.54) is 28.5 Å². The van der Waals surface area contributed by atoms with Gasteiger partial charge in [-0.15, -0.1) is 5.10 Å². The summed E-state index contributed by atoms with van der Waals surface area (Å²) in [6.07, 6.45) is 5.80. The van der Waals surface area contributed by atoms with Crippen molar-refractivity contribution in [2.45, 2.75) is 26.2 Å². The van der Waals surface area contributed by atoms with E-state index in [-0.39, 0.29) is 5.56 Å². The van der Waals surface area contributed by atoms with Crippen LogP contribution >= 0.6 is 11.3 Å². The molecule has 0 aliphatic carbocycles. The number of fused-ring (bicyclic) bond motifs is 1. The molecule has 142 valence electrons. The molecule has 4 heterocycles. The SMILES string of the molecule is C[C@H]1CCCN(c2nn3c(=O)c(C(=O)NCCc4ccco4)cnc3s2)C1. The maximum Gasteiger partial charge on any atom is 0.288 e. The van der Waals surface area contributed by atoms with E-state index in [1.54, 1.807) is 12.3 Å². The van der Waals surface area contributed by atoms with E-state index in [9.17, 15) is 9.59 Å². The van der Waals surface area contributed by atoms with Crippen LogP contribution < -0.4 is 15.8 Å². The van der Waals surface area contributed by atoms with E-state index in [2.05, 4.69) is 27.2 Å². The van der Waals surface area contributed by atoms with Crippen molar-refractivity contribution in [1.29, 1.82) is 0 Å². The van der Waals surface area contributed by atoms with Crippen LogP contribution in [-0.2, 0) is 6.42 Å². The predicted molar refractivity (Wildman–Crippen MR) is 102 cm³/mol. The van der Waals surface area contributed by atoms with Gasteiger partial charge in [0.05, 0.1) is 6.26 Å². The Hall–Kier alpha value is -2.68. The molecule has 4 rings (SSSR count). The molecule has 1 amide bonds. The highest BCUT2D eigenvalue weighted by atomic mass is 32.1. The lowest BCUT2D eigenvalue weighted by Crippen LogP contribution is -2.35. The van der Waals surface area contributed by atoms with Gasteiger partial charge in [-0.1, -0.05) is 18.3 Å². The zero-order chi connectivity index (χ0) is 18.8. The first-order valence-corrected chi connectivity index (χ1v) is 9.88. The fraction of sp³-hybridized carbons (Fsp3) is 0.444. The van der Waals surface area contributed by atoms with Crippen LogP contribution in [0.4, 0.5) is 5.13 Å². The molecule has 1 aliphatic rings.